The number of pyridine rings is 1. The van der Waals surface area contributed by atoms with Crippen LogP contribution < -0.4 is 5.32 Å². The zero-order valence-electron chi connectivity index (χ0n) is 20.7. The number of halogens is 3. The standard InChI is InChI=1S/C28H22F3N5O3/c1-15-27(38)35(7-6-16-2-4-23-18(8-16)9-25(37)33-23)28(39-15)22-14-36(21-11-19(29)10-20(30)12-21)34-26(22)17-3-5-24(31)32-13-17/h2-5,8,10-15,28H,6-7,9H2,1H3,(H,33,37). The van der Waals surface area contributed by atoms with Crippen molar-refractivity contribution in [3.05, 3.63) is 95.2 Å². The molecule has 8 nitrogen and oxygen atoms in total. The Balaban J connectivity index is 1.36. The molecule has 0 aliphatic carbocycles. The Kier molecular flexibility index (Phi) is 6.15. The predicted octanol–water partition coefficient (Wildman–Crippen LogP) is 4.33. The summed E-state index contributed by atoms with van der Waals surface area (Å²) in [6, 6.07) is 11.4. The first-order chi connectivity index (χ1) is 18.7. The summed E-state index contributed by atoms with van der Waals surface area (Å²) in [4.78, 5) is 30.2. The van der Waals surface area contributed by atoms with Gasteiger partial charge in [-0.25, -0.2) is 18.4 Å². The molecule has 1 fully saturated rings. The van der Waals surface area contributed by atoms with Gasteiger partial charge >= 0.3 is 0 Å². The smallest absolute Gasteiger partial charge is 0.253 e. The Morgan fingerprint density at radius 3 is 2.59 bits per heavy atom. The van der Waals surface area contributed by atoms with Gasteiger partial charge in [0.2, 0.25) is 11.9 Å². The summed E-state index contributed by atoms with van der Waals surface area (Å²) in [5.74, 6) is -2.52. The Morgan fingerprint density at radius 2 is 1.85 bits per heavy atom. The number of carbonyl (C=O) groups excluding carboxylic acids is 2. The third-order valence-electron chi connectivity index (χ3n) is 6.80. The van der Waals surface area contributed by atoms with Crippen molar-refractivity contribution in [1.29, 1.82) is 0 Å². The van der Waals surface area contributed by atoms with Gasteiger partial charge in [0.25, 0.3) is 5.91 Å². The van der Waals surface area contributed by atoms with E-state index in [1.807, 2.05) is 18.2 Å². The van der Waals surface area contributed by atoms with Gasteiger partial charge in [-0.2, -0.15) is 9.49 Å². The number of hydrogen-bond acceptors (Lipinski definition) is 5. The lowest BCUT2D eigenvalue weighted by atomic mass is 10.0. The number of hydrogen-bond donors (Lipinski definition) is 1. The maximum atomic E-state index is 14.0. The normalized spacial score (nSPS) is 18.5. The second-order valence-corrected chi connectivity index (χ2v) is 9.50. The van der Waals surface area contributed by atoms with Gasteiger partial charge in [0, 0.05) is 41.8 Å². The Bertz CT molecular complexity index is 1580. The molecule has 39 heavy (non-hydrogen) atoms. The zero-order chi connectivity index (χ0) is 27.3. The van der Waals surface area contributed by atoms with E-state index in [0.717, 1.165) is 35.0 Å². The molecule has 2 atom stereocenters. The topological polar surface area (TPSA) is 89.3 Å². The molecule has 0 saturated carbocycles. The summed E-state index contributed by atoms with van der Waals surface area (Å²) in [5, 5.41) is 7.32. The highest BCUT2D eigenvalue weighted by Crippen LogP contribution is 2.37. The van der Waals surface area contributed by atoms with Crippen molar-refractivity contribution in [2.75, 3.05) is 11.9 Å². The lowest BCUT2D eigenvalue weighted by Crippen LogP contribution is -2.32. The average molecular weight is 534 g/mol. The summed E-state index contributed by atoms with van der Waals surface area (Å²) >= 11 is 0. The van der Waals surface area contributed by atoms with Crippen LogP contribution in [0.25, 0.3) is 16.9 Å². The average Bonchev–Trinajstić information content (AvgIpc) is 3.57. The van der Waals surface area contributed by atoms with E-state index in [1.165, 1.54) is 23.0 Å². The van der Waals surface area contributed by atoms with Crippen molar-refractivity contribution in [1.82, 2.24) is 19.7 Å². The molecule has 2 aliphatic rings. The molecule has 2 amide bonds. The van der Waals surface area contributed by atoms with Crippen molar-refractivity contribution in [2.45, 2.75) is 32.1 Å². The minimum absolute atomic E-state index is 0.0582. The molecular weight excluding hydrogens is 511 g/mol. The van der Waals surface area contributed by atoms with Gasteiger partial charge in [0.1, 0.15) is 23.4 Å². The first kappa shape index (κ1) is 24.8. The zero-order valence-corrected chi connectivity index (χ0v) is 20.7. The molecule has 0 bridgehead atoms. The third kappa shape index (κ3) is 4.76. The number of aromatic nitrogens is 3. The number of nitrogens with zero attached hydrogens (tertiary/aromatic N) is 4. The number of rotatable bonds is 6. The van der Waals surface area contributed by atoms with Crippen LogP contribution in [-0.4, -0.2) is 44.1 Å². The Labute approximate surface area is 221 Å². The van der Waals surface area contributed by atoms with Crippen LogP contribution in [0.4, 0.5) is 18.9 Å². The quantitative estimate of drug-likeness (QED) is 0.373. The molecule has 2 aliphatic heterocycles. The van der Waals surface area contributed by atoms with Crippen LogP contribution in [0.5, 0.6) is 0 Å². The number of carbonyl (C=O) groups is 2. The Morgan fingerprint density at radius 1 is 1.05 bits per heavy atom. The lowest BCUT2D eigenvalue weighted by Gasteiger charge is -2.23. The SMILES string of the molecule is CC1OC(c2cn(-c3cc(F)cc(F)c3)nc2-c2ccc(F)nc2)N(CCc2ccc3c(c2)CC(=O)N3)C1=O. The second-order valence-electron chi connectivity index (χ2n) is 9.50. The maximum absolute atomic E-state index is 14.0. The van der Waals surface area contributed by atoms with Gasteiger partial charge in [-0.05, 0) is 54.8 Å². The summed E-state index contributed by atoms with van der Waals surface area (Å²) in [6.45, 7) is 1.95. The van der Waals surface area contributed by atoms with Crippen molar-refractivity contribution < 1.29 is 27.5 Å². The van der Waals surface area contributed by atoms with E-state index in [1.54, 1.807) is 18.0 Å². The highest BCUT2D eigenvalue weighted by molar-refractivity contribution is 5.99. The van der Waals surface area contributed by atoms with Gasteiger partial charge in [-0.15, -0.1) is 0 Å². The largest absolute Gasteiger partial charge is 0.341 e. The molecule has 2 aromatic carbocycles. The highest BCUT2D eigenvalue weighted by Gasteiger charge is 2.40. The van der Waals surface area contributed by atoms with Crippen molar-refractivity contribution >= 4 is 17.5 Å². The minimum atomic E-state index is -0.864. The van der Waals surface area contributed by atoms with Crippen LogP contribution in [0, 0.1) is 17.6 Å². The van der Waals surface area contributed by atoms with Crippen LogP contribution >= 0.6 is 0 Å². The van der Waals surface area contributed by atoms with Gasteiger partial charge in [-0.3, -0.25) is 9.59 Å². The fraction of sp³-hybridized carbons (Fsp3) is 0.214. The van der Waals surface area contributed by atoms with E-state index in [-0.39, 0.29) is 17.5 Å². The fourth-order valence-corrected chi connectivity index (χ4v) is 4.94. The molecule has 1 N–H and O–H groups in total. The van der Waals surface area contributed by atoms with Crippen molar-refractivity contribution in [3.8, 4) is 16.9 Å². The summed E-state index contributed by atoms with van der Waals surface area (Å²) in [7, 11) is 0. The molecule has 0 radical (unpaired) electrons. The predicted molar refractivity (Wildman–Crippen MR) is 134 cm³/mol. The van der Waals surface area contributed by atoms with Crippen LogP contribution in [-0.2, 0) is 27.2 Å². The van der Waals surface area contributed by atoms with E-state index in [2.05, 4.69) is 15.4 Å². The maximum Gasteiger partial charge on any atom is 0.253 e. The fourth-order valence-electron chi connectivity index (χ4n) is 4.94. The van der Waals surface area contributed by atoms with Gasteiger partial charge in [-0.1, -0.05) is 12.1 Å². The Hall–Kier alpha value is -4.51. The molecule has 4 heterocycles. The van der Waals surface area contributed by atoms with Gasteiger partial charge < -0.3 is 15.0 Å². The summed E-state index contributed by atoms with van der Waals surface area (Å²) in [6.07, 6.45) is 2.04. The molecule has 1 saturated heterocycles. The van der Waals surface area contributed by atoms with E-state index in [0.29, 0.717) is 36.2 Å². The van der Waals surface area contributed by atoms with E-state index in [9.17, 15) is 22.8 Å². The van der Waals surface area contributed by atoms with Crippen molar-refractivity contribution in [2.24, 2.45) is 0 Å². The number of benzene rings is 2. The first-order valence-electron chi connectivity index (χ1n) is 12.3. The van der Waals surface area contributed by atoms with Crippen LogP contribution in [0.3, 0.4) is 0 Å². The summed E-state index contributed by atoms with van der Waals surface area (Å²) < 4.78 is 48.9. The van der Waals surface area contributed by atoms with Gasteiger partial charge in [0.05, 0.1) is 12.1 Å². The van der Waals surface area contributed by atoms with Crippen LogP contribution in [0.2, 0.25) is 0 Å². The molecule has 11 heteroatoms. The molecule has 2 aromatic heterocycles. The van der Waals surface area contributed by atoms with Crippen molar-refractivity contribution in [3.63, 3.8) is 0 Å². The monoisotopic (exact) mass is 533 g/mol. The summed E-state index contributed by atoms with van der Waals surface area (Å²) in [5.41, 5.74) is 3.98. The highest BCUT2D eigenvalue weighted by atomic mass is 19.1. The number of amides is 2. The molecular formula is C28H22F3N5O3. The van der Waals surface area contributed by atoms with Gasteiger partial charge in [0.15, 0.2) is 6.23 Å². The number of nitrogens with one attached hydrogen (secondary N) is 1. The second kappa shape index (κ2) is 9.66. The minimum Gasteiger partial charge on any atom is -0.341 e. The molecule has 2 unspecified atom stereocenters. The molecule has 198 valence electrons. The van der Waals surface area contributed by atoms with E-state index >= 15 is 0 Å². The number of anilines is 1. The lowest BCUT2D eigenvalue weighted by molar-refractivity contribution is -0.130. The number of fused-ring (bicyclic) bond motifs is 1. The first-order valence-corrected chi connectivity index (χ1v) is 12.3. The number of ether oxygens (including phenoxy) is 1. The van der Waals surface area contributed by atoms with E-state index < -0.39 is 29.9 Å². The molecule has 6 rings (SSSR count). The third-order valence-corrected chi connectivity index (χ3v) is 6.80. The molecule has 0 spiro atoms. The van der Waals surface area contributed by atoms with Crippen LogP contribution in [0.1, 0.15) is 29.8 Å². The van der Waals surface area contributed by atoms with E-state index in [4.69, 9.17) is 4.74 Å². The van der Waals surface area contributed by atoms with Crippen LogP contribution in [0.15, 0.2) is 60.9 Å². The molecule has 4 aromatic rings.